The SMILES string of the molecule is O=c1[nH]c(-c2ccc(C(F)(F)F)cc2)nc2cccnc12. The average molecular weight is 291 g/mol. The highest BCUT2D eigenvalue weighted by Crippen LogP contribution is 2.30. The van der Waals surface area contributed by atoms with Gasteiger partial charge < -0.3 is 4.98 Å². The minimum Gasteiger partial charge on any atom is -0.305 e. The Balaban J connectivity index is 2.10. The largest absolute Gasteiger partial charge is 0.416 e. The highest BCUT2D eigenvalue weighted by Gasteiger charge is 2.30. The van der Waals surface area contributed by atoms with Crippen molar-refractivity contribution in [3.05, 3.63) is 58.5 Å². The summed E-state index contributed by atoms with van der Waals surface area (Å²) in [5.41, 5.74) is -0.221. The highest BCUT2D eigenvalue weighted by atomic mass is 19.4. The smallest absolute Gasteiger partial charge is 0.305 e. The van der Waals surface area contributed by atoms with Gasteiger partial charge in [-0.2, -0.15) is 13.2 Å². The molecule has 0 radical (unpaired) electrons. The zero-order valence-corrected chi connectivity index (χ0v) is 10.5. The van der Waals surface area contributed by atoms with Gasteiger partial charge >= 0.3 is 6.18 Å². The van der Waals surface area contributed by atoms with Crippen molar-refractivity contribution in [1.29, 1.82) is 0 Å². The molecule has 0 spiro atoms. The molecule has 7 heteroatoms. The normalized spacial score (nSPS) is 11.8. The third-order valence-electron chi connectivity index (χ3n) is 2.95. The molecule has 21 heavy (non-hydrogen) atoms. The molecule has 106 valence electrons. The van der Waals surface area contributed by atoms with Crippen LogP contribution in [0.4, 0.5) is 13.2 Å². The van der Waals surface area contributed by atoms with Gasteiger partial charge in [0.2, 0.25) is 0 Å². The second-order valence-corrected chi connectivity index (χ2v) is 4.36. The maximum Gasteiger partial charge on any atom is 0.416 e. The number of H-pyrrole nitrogens is 1. The summed E-state index contributed by atoms with van der Waals surface area (Å²) in [6, 6.07) is 7.68. The van der Waals surface area contributed by atoms with Crippen molar-refractivity contribution in [3.8, 4) is 11.4 Å². The number of pyridine rings is 1. The molecule has 0 unspecified atom stereocenters. The Kier molecular flexibility index (Phi) is 2.97. The predicted molar refractivity (Wildman–Crippen MR) is 70.6 cm³/mol. The van der Waals surface area contributed by atoms with E-state index in [-0.39, 0.29) is 11.3 Å². The molecule has 0 saturated carbocycles. The van der Waals surface area contributed by atoms with Crippen LogP contribution < -0.4 is 5.56 Å². The van der Waals surface area contributed by atoms with Crippen molar-refractivity contribution in [2.45, 2.75) is 6.18 Å². The van der Waals surface area contributed by atoms with E-state index in [0.717, 1.165) is 12.1 Å². The van der Waals surface area contributed by atoms with Gasteiger partial charge in [0.1, 0.15) is 5.82 Å². The lowest BCUT2D eigenvalue weighted by Crippen LogP contribution is -2.11. The Morgan fingerprint density at radius 2 is 1.76 bits per heavy atom. The van der Waals surface area contributed by atoms with Crippen molar-refractivity contribution in [2.24, 2.45) is 0 Å². The molecule has 2 aromatic heterocycles. The molecule has 0 amide bonds. The van der Waals surface area contributed by atoms with Gasteiger partial charge in [-0.25, -0.2) is 9.97 Å². The van der Waals surface area contributed by atoms with E-state index in [0.29, 0.717) is 11.1 Å². The van der Waals surface area contributed by atoms with Gasteiger partial charge in [-0.15, -0.1) is 0 Å². The summed E-state index contributed by atoms with van der Waals surface area (Å²) >= 11 is 0. The van der Waals surface area contributed by atoms with E-state index in [1.807, 2.05) is 0 Å². The predicted octanol–water partition coefficient (Wildman–Crippen LogP) is 3.00. The number of nitrogens with one attached hydrogen (secondary N) is 1. The van der Waals surface area contributed by atoms with Crippen LogP contribution in [0.5, 0.6) is 0 Å². The minimum absolute atomic E-state index is 0.188. The van der Waals surface area contributed by atoms with Gasteiger partial charge in [0.15, 0.2) is 5.52 Å². The number of halogens is 3. The first-order chi connectivity index (χ1) is 9.95. The number of benzene rings is 1. The van der Waals surface area contributed by atoms with Crippen LogP contribution in [0.3, 0.4) is 0 Å². The van der Waals surface area contributed by atoms with E-state index >= 15 is 0 Å². The Labute approximate surface area is 116 Å². The minimum atomic E-state index is -4.40. The lowest BCUT2D eigenvalue weighted by Gasteiger charge is -2.07. The fourth-order valence-electron chi connectivity index (χ4n) is 1.93. The van der Waals surface area contributed by atoms with Crippen LogP contribution in [0.25, 0.3) is 22.4 Å². The molecule has 2 heterocycles. The molecule has 0 bridgehead atoms. The molecule has 3 rings (SSSR count). The second-order valence-electron chi connectivity index (χ2n) is 4.36. The van der Waals surface area contributed by atoms with Crippen LogP contribution in [-0.2, 0) is 6.18 Å². The van der Waals surface area contributed by atoms with E-state index in [1.165, 1.54) is 18.3 Å². The summed E-state index contributed by atoms with van der Waals surface area (Å²) in [5, 5.41) is 0. The molecular weight excluding hydrogens is 283 g/mol. The Hall–Kier alpha value is -2.70. The van der Waals surface area contributed by atoms with Gasteiger partial charge in [-0.05, 0) is 24.3 Å². The molecule has 0 saturated heterocycles. The number of aromatic nitrogens is 3. The first kappa shape index (κ1) is 13.3. The monoisotopic (exact) mass is 291 g/mol. The van der Waals surface area contributed by atoms with Gasteiger partial charge in [0, 0.05) is 11.8 Å². The highest BCUT2D eigenvalue weighted by molar-refractivity contribution is 5.75. The van der Waals surface area contributed by atoms with Crippen LogP contribution >= 0.6 is 0 Å². The number of fused-ring (bicyclic) bond motifs is 1. The number of alkyl halides is 3. The van der Waals surface area contributed by atoms with Gasteiger partial charge in [0.05, 0.1) is 11.1 Å². The number of hydrogen-bond donors (Lipinski definition) is 1. The van der Waals surface area contributed by atoms with E-state index in [4.69, 9.17) is 0 Å². The molecule has 4 nitrogen and oxygen atoms in total. The first-order valence-corrected chi connectivity index (χ1v) is 5.98. The quantitative estimate of drug-likeness (QED) is 0.749. The van der Waals surface area contributed by atoms with Crippen molar-refractivity contribution in [2.75, 3.05) is 0 Å². The topological polar surface area (TPSA) is 58.6 Å². The number of aromatic amines is 1. The summed E-state index contributed by atoms with van der Waals surface area (Å²) in [6.45, 7) is 0. The van der Waals surface area contributed by atoms with Crippen LogP contribution in [0, 0.1) is 0 Å². The maximum absolute atomic E-state index is 12.5. The summed E-state index contributed by atoms with van der Waals surface area (Å²) in [5.74, 6) is 0.203. The number of hydrogen-bond acceptors (Lipinski definition) is 3. The zero-order chi connectivity index (χ0) is 15.0. The maximum atomic E-state index is 12.5. The van der Waals surface area contributed by atoms with Crippen LogP contribution in [0.15, 0.2) is 47.4 Å². The third-order valence-corrected chi connectivity index (χ3v) is 2.95. The number of nitrogens with zero attached hydrogens (tertiary/aromatic N) is 2. The van der Waals surface area contributed by atoms with E-state index in [2.05, 4.69) is 15.0 Å². The molecule has 0 aliphatic rings. The van der Waals surface area contributed by atoms with Crippen molar-refractivity contribution in [1.82, 2.24) is 15.0 Å². The molecule has 0 aliphatic heterocycles. The zero-order valence-electron chi connectivity index (χ0n) is 10.5. The third kappa shape index (κ3) is 2.49. The summed E-state index contributed by atoms with van der Waals surface area (Å²) in [4.78, 5) is 22.5. The van der Waals surface area contributed by atoms with Crippen LogP contribution in [0.2, 0.25) is 0 Å². The molecule has 0 aliphatic carbocycles. The molecule has 0 fully saturated rings. The summed E-state index contributed by atoms with van der Waals surface area (Å²) in [7, 11) is 0. The lowest BCUT2D eigenvalue weighted by molar-refractivity contribution is -0.137. The van der Waals surface area contributed by atoms with Crippen molar-refractivity contribution >= 4 is 11.0 Å². The summed E-state index contributed by atoms with van der Waals surface area (Å²) in [6.07, 6.45) is -2.93. The first-order valence-electron chi connectivity index (χ1n) is 5.98. The van der Waals surface area contributed by atoms with Crippen LogP contribution in [0.1, 0.15) is 5.56 Å². The number of rotatable bonds is 1. The Morgan fingerprint density at radius 1 is 1.05 bits per heavy atom. The Morgan fingerprint density at radius 3 is 2.43 bits per heavy atom. The molecule has 3 aromatic rings. The van der Waals surface area contributed by atoms with Gasteiger partial charge in [-0.3, -0.25) is 4.79 Å². The fourth-order valence-corrected chi connectivity index (χ4v) is 1.93. The molecule has 0 atom stereocenters. The van der Waals surface area contributed by atoms with E-state index in [1.54, 1.807) is 12.1 Å². The molecule has 1 aromatic carbocycles. The summed E-state index contributed by atoms with van der Waals surface area (Å²) < 4.78 is 37.5. The molecular formula is C14H8F3N3O. The van der Waals surface area contributed by atoms with Crippen molar-refractivity contribution < 1.29 is 13.2 Å². The van der Waals surface area contributed by atoms with Gasteiger partial charge in [0.25, 0.3) is 5.56 Å². The van der Waals surface area contributed by atoms with Gasteiger partial charge in [-0.1, -0.05) is 12.1 Å². The standard InChI is InChI=1S/C14H8F3N3O/c15-14(16,17)9-5-3-8(4-6-9)12-19-10-2-1-7-18-11(10)13(21)20-12/h1-7H,(H,19,20,21). The Bertz CT molecular complexity index is 854. The van der Waals surface area contributed by atoms with Crippen molar-refractivity contribution in [3.63, 3.8) is 0 Å². The fraction of sp³-hybridized carbons (Fsp3) is 0.0714. The average Bonchev–Trinajstić information content (AvgIpc) is 2.46. The molecule has 1 N–H and O–H groups in total. The lowest BCUT2D eigenvalue weighted by atomic mass is 10.1. The van der Waals surface area contributed by atoms with E-state index in [9.17, 15) is 18.0 Å². The van der Waals surface area contributed by atoms with Crippen LogP contribution in [-0.4, -0.2) is 15.0 Å². The second kappa shape index (κ2) is 4.69. The van der Waals surface area contributed by atoms with E-state index < -0.39 is 17.3 Å².